The Morgan fingerprint density at radius 3 is 2.31 bits per heavy atom. The van der Waals surface area contributed by atoms with Crippen LogP contribution in [0.5, 0.6) is 5.75 Å². The van der Waals surface area contributed by atoms with Crippen LogP contribution >= 0.6 is 0 Å². The molecule has 0 saturated carbocycles. The van der Waals surface area contributed by atoms with E-state index >= 15 is 0 Å². The molecule has 0 fully saturated rings. The van der Waals surface area contributed by atoms with Crippen LogP contribution in [0.2, 0.25) is 0 Å². The highest BCUT2D eigenvalue weighted by Crippen LogP contribution is 2.27. The fourth-order valence-electron chi connectivity index (χ4n) is 1.88. The van der Waals surface area contributed by atoms with Crippen LogP contribution in [0.1, 0.15) is 38.7 Å². The summed E-state index contributed by atoms with van der Waals surface area (Å²) in [5.74, 6) is 2.13. The van der Waals surface area contributed by atoms with Crippen LogP contribution in [0.3, 0.4) is 0 Å². The summed E-state index contributed by atoms with van der Waals surface area (Å²) in [6.45, 7) is 8.00. The van der Waals surface area contributed by atoms with Gasteiger partial charge in [0.25, 0.3) is 0 Å². The smallest absolute Gasteiger partial charge is 0.119 e. The Labute approximate surface area is 98.8 Å². The van der Waals surface area contributed by atoms with E-state index in [4.69, 9.17) is 10.5 Å². The van der Waals surface area contributed by atoms with Crippen LogP contribution in [0.25, 0.3) is 0 Å². The van der Waals surface area contributed by atoms with Gasteiger partial charge in [0.15, 0.2) is 0 Å². The molecule has 90 valence electrons. The molecule has 0 aliphatic heterocycles. The highest BCUT2D eigenvalue weighted by atomic mass is 16.5. The number of hydrogen-bond acceptors (Lipinski definition) is 2. The van der Waals surface area contributed by atoms with Gasteiger partial charge in [-0.1, -0.05) is 26.0 Å². The summed E-state index contributed by atoms with van der Waals surface area (Å²) in [6.07, 6.45) is 1.08. The standard InChI is InChI=1S/C14H23NO/c1-4-16-14-7-5-13(6-8-14)12(3)11(2)9-10-15/h5-8,11-12H,4,9-10,15H2,1-3H3. The van der Waals surface area contributed by atoms with Gasteiger partial charge in [0, 0.05) is 0 Å². The van der Waals surface area contributed by atoms with Crippen molar-refractivity contribution >= 4 is 0 Å². The summed E-state index contributed by atoms with van der Waals surface area (Å²) in [7, 11) is 0. The zero-order valence-corrected chi connectivity index (χ0v) is 10.6. The SMILES string of the molecule is CCOc1ccc(C(C)C(C)CCN)cc1. The van der Waals surface area contributed by atoms with Crippen LogP contribution in [-0.4, -0.2) is 13.2 Å². The third-order valence-electron chi connectivity index (χ3n) is 3.19. The zero-order chi connectivity index (χ0) is 12.0. The third-order valence-corrected chi connectivity index (χ3v) is 3.19. The van der Waals surface area contributed by atoms with E-state index in [1.54, 1.807) is 0 Å². The van der Waals surface area contributed by atoms with Gasteiger partial charge in [0.05, 0.1) is 6.61 Å². The minimum absolute atomic E-state index is 0.555. The fourth-order valence-corrected chi connectivity index (χ4v) is 1.88. The molecule has 0 radical (unpaired) electrons. The molecular formula is C14H23NO. The Bertz CT molecular complexity index is 294. The van der Waals surface area contributed by atoms with Gasteiger partial charge in [-0.05, 0) is 49.4 Å². The first-order valence-corrected chi connectivity index (χ1v) is 6.11. The maximum absolute atomic E-state index is 5.59. The molecular weight excluding hydrogens is 198 g/mol. The lowest BCUT2D eigenvalue weighted by Gasteiger charge is -2.19. The van der Waals surface area contributed by atoms with Crippen molar-refractivity contribution in [1.82, 2.24) is 0 Å². The molecule has 0 saturated heterocycles. The van der Waals surface area contributed by atoms with E-state index in [-0.39, 0.29) is 0 Å². The average molecular weight is 221 g/mol. The Kier molecular flexibility index (Phi) is 5.33. The van der Waals surface area contributed by atoms with E-state index in [0.717, 1.165) is 25.3 Å². The van der Waals surface area contributed by atoms with Crippen LogP contribution in [0, 0.1) is 5.92 Å². The number of rotatable bonds is 6. The monoisotopic (exact) mass is 221 g/mol. The summed E-state index contributed by atoms with van der Waals surface area (Å²) in [5.41, 5.74) is 6.95. The molecule has 0 aliphatic rings. The minimum Gasteiger partial charge on any atom is -0.494 e. The fraction of sp³-hybridized carbons (Fsp3) is 0.571. The predicted octanol–water partition coefficient (Wildman–Crippen LogP) is 3.17. The maximum Gasteiger partial charge on any atom is 0.119 e. The molecule has 0 bridgehead atoms. The lowest BCUT2D eigenvalue weighted by atomic mass is 9.87. The largest absolute Gasteiger partial charge is 0.494 e. The molecule has 0 aromatic heterocycles. The quantitative estimate of drug-likeness (QED) is 0.800. The normalized spacial score (nSPS) is 14.5. The van der Waals surface area contributed by atoms with Crippen LogP contribution < -0.4 is 10.5 Å². The second-order valence-electron chi connectivity index (χ2n) is 4.35. The topological polar surface area (TPSA) is 35.2 Å². The Morgan fingerprint density at radius 1 is 1.19 bits per heavy atom. The van der Waals surface area contributed by atoms with Gasteiger partial charge in [0.1, 0.15) is 5.75 Å². The molecule has 2 nitrogen and oxygen atoms in total. The zero-order valence-electron chi connectivity index (χ0n) is 10.6. The molecule has 1 rings (SSSR count). The van der Waals surface area contributed by atoms with E-state index in [9.17, 15) is 0 Å². The highest BCUT2D eigenvalue weighted by Gasteiger charge is 2.13. The number of hydrogen-bond donors (Lipinski definition) is 1. The molecule has 2 unspecified atom stereocenters. The first kappa shape index (κ1) is 13.0. The molecule has 2 heteroatoms. The molecule has 0 amide bonds. The molecule has 0 aliphatic carbocycles. The van der Waals surface area contributed by atoms with Gasteiger partial charge in [-0.15, -0.1) is 0 Å². The minimum atomic E-state index is 0.555. The van der Waals surface area contributed by atoms with Crippen molar-refractivity contribution in [2.24, 2.45) is 11.7 Å². The van der Waals surface area contributed by atoms with Gasteiger partial charge in [-0.3, -0.25) is 0 Å². The van der Waals surface area contributed by atoms with Crippen molar-refractivity contribution in [2.45, 2.75) is 33.1 Å². The first-order chi connectivity index (χ1) is 7.69. The lowest BCUT2D eigenvalue weighted by Crippen LogP contribution is -2.11. The Morgan fingerprint density at radius 2 is 1.81 bits per heavy atom. The summed E-state index contributed by atoms with van der Waals surface area (Å²) >= 11 is 0. The summed E-state index contributed by atoms with van der Waals surface area (Å²) in [6, 6.07) is 8.40. The molecule has 1 aromatic carbocycles. The van der Waals surface area contributed by atoms with Crippen LogP contribution in [-0.2, 0) is 0 Å². The Balaban J connectivity index is 2.65. The number of ether oxygens (including phenoxy) is 1. The van der Waals surface area contributed by atoms with Crippen molar-refractivity contribution in [3.05, 3.63) is 29.8 Å². The first-order valence-electron chi connectivity index (χ1n) is 6.11. The second kappa shape index (κ2) is 6.54. The van der Waals surface area contributed by atoms with Gasteiger partial charge in [-0.2, -0.15) is 0 Å². The Hall–Kier alpha value is -1.02. The van der Waals surface area contributed by atoms with Crippen molar-refractivity contribution in [1.29, 1.82) is 0 Å². The maximum atomic E-state index is 5.59. The molecule has 0 heterocycles. The summed E-state index contributed by atoms with van der Waals surface area (Å²) in [5, 5.41) is 0. The highest BCUT2D eigenvalue weighted by molar-refractivity contribution is 5.29. The summed E-state index contributed by atoms with van der Waals surface area (Å²) in [4.78, 5) is 0. The molecule has 2 atom stereocenters. The van der Waals surface area contributed by atoms with E-state index < -0.39 is 0 Å². The predicted molar refractivity (Wildman–Crippen MR) is 68.9 cm³/mol. The van der Waals surface area contributed by atoms with E-state index in [1.807, 2.05) is 19.1 Å². The van der Waals surface area contributed by atoms with Gasteiger partial charge < -0.3 is 10.5 Å². The third kappa shape index (κ3) is 3.53. The van der Waals surface area contributed by atoms with Crippen molar-refractivity contribution in [3.8, 4) is 5.75 Å². The number of benzene rings is 1. The molecule has 1 aromatic rings. The van der Waals surface area contributed by atoms with Gasteiger partial charge >= 0.3 is 0 Å². The molecule has 0 spiro atoms. The van der Waals surface area contributed by atoms with E-state index in [0.29, 0.717) is 11.8 Å². The van der Waals surface area contributed by atoms with Crippen molar-refractivity contribution < 1.29 is 4.74 Å². The second-order valence-corrected chi connectivity index (χ2v) is 4.35. The summed E-state index contributed by atoms with van der Waals surface area (Å²) < 4.78 is 5.43. The van der Waals surface area contributed by atoms with Crippen LogP contribution in [0.4, 0.5) is 0 Å². The van der Waals surface area contributed by atoms with Gasteiger partial charge in [-0.25, -0.2) is 0 Å². The van der Waals surface area contributed by atoms with E-state index in [2.05, 4.69) is 26.0 Å². The van der Waals surface area contributed by atoms with E-state index in [1.165, 1.54) is 5.56 Å². The lowest BCUT2D eigenvalue weighted by molar-refractivity contribution is 0.340. The van der Waals surface area contributed by atoms with Gasteiger partial charge in [0.2, 0.25) is 0 Å². The number of nitrogens with two attached hydrogens (primary N) is 1. The molecule has 16 heavy (non-hydrogen) atoms. The van der Waals surface area contributed by atoms with Crippen molar-refractivity contribution in [2.75, 3.05) is 13.2 Å². The molecule has 2 N–H and O–H groups in total. The van der Waals surface area contributed by atoms with Crippen molar-refractivity contribution in [3.63, 3.8) is 0 Å². The van der Waals surface area contributed by atoms with Crippen LogP contribution in [0.15, 0.2) is 24.3 Å². The average Bonchev–Trinajstić information content (AvgIpc) is 2.30.